The summed E-state index contributed by atoms with van der Waals surface area (Å²) in [5.41, 5.74) is 1.75. The average molecular weight is 353 g/mol. The van der Waals surface area contributed by atoms with Gasteiger partial charge >= 0.3 is 5.97 Å². The molecule has 0 atom stereocenters. The molecule has 0 saturated heterocycles. The maximum Gasteiger partial charge on any atom is 0.348 e. The summed E-state index contributed by atoms with van der Waals surface area (Å²) >= 11 is 1.06. The fourth-order valence-corrected chi connectivity index (χ4v) is 4.32. The number of carbonyl (C=O) groups excluding carboxylic acids is 1. The Morgan fingerprint density at radius 2 is 1.83 bits per heavy atom. The van der Waals surface area contributed by atoms with Gasteiger partial charge in [0.2, 0.25) is 0 Å². The molecule has 1 heterocycles. The van der Waals surface area contributed by atoms with E-state index in [4.69, 9.17) is 0 Å². The van der Waals surface area contributed by atoms with Crippen molar-refractivity contribution in [1.82, 2.24) is 0 Å². The van der Waals surface area contributed by atoms with E-state index in [9.17, 15) is 13.2 Å². The van der Waals surface area contributed by atoms with E-state index >= 15 is 0 Å². The highest BCUT2D eigenvalue weighted by atomic mass is 32.2. The van der Waals surface area contributed by atoms with Gasteiger partial charge in [-0.05, 0) is 42.2 Å². The highest BCUT2D eigenvalue weighted by Crippen LogP contribution is 2.29. The number of ether oxygens (including phenoxy) is 1. The predicted octanol–water partition coefficient (Wildman–Crippen LogP) is 3.77. The lowest BCUT2D eigenvalue weighted by atomic mass is 10.0. The van der Waals surface area contributed by atoms with Crippen LogP contribution >= 0.6 is 11.3 Å². The van der Waals surface area contributed by atoms with Crippen molar-refractivity contribution in [2.75, 3.05) is 11.8 Å². The van der Waals surface area contributed by atoms with Gasteiger partial charge in [-0.3, -0.25) is 4.72 Å². The first-order valence-electron chi connectivity index (χ1n) is 7.06. The number of nitrogens with one attached hydrogen (secondary N) is 1. The van der Waals surface area contributed by atoms with Crippen molar-refractivity contribution >= 4 is 32.3 Å². The first kappa shape index (κ1) is 17.5. The Balaban J connectivity index is 2.26. The van der Waals surface area contributed by atoms with E-state index in [0.717, 1.165) is 16.9 Å². The molecule has 1 N–H and O–H groups in total. The van der Waals surface area contributed by atoms with Crippen molar-refractivity contribution in [3.05, 3.63) is 46.3 Å². The molecule has 0 amide bonds. The molecule has 1 aromatic carbocycles. The number of hydrogen-bond acceptors (Lipinski definition) is 5. The molecule has 0 fully saturated rings. The monoisotopic (exact) mass is 353 g/mol. The van der Waals surface area contributed by atoms with E-state index in [2.05, 4.69) is 9.46 Å². The van der Waals surface area contributed by atoms with Crippen LogP contribution in [0.2, 0.25) is 0 Å². The lowest BCUT2D eigenvalue weighted by molar-refractivity contribution is 0.0605. The molecule has 5 nitrogen and oxygen atoms in total. The summed E-state index contributed by atoms with van der Waals surface area (Å²) < 4.78 is 32.0. The van der Waals surface area contributed by atoms with E-state index in [1.54, 1.807) is 37.3 Å². The molecular formula is C16H19NO4S2. The van der Waals surface area contributed by atoms with E-state index in [0.29, 0.717) is 21.4 Å². The molecule has 2 rings (SSSR count). The van der Waals surface area contributed by atoms with Crippen molar-refractivity contribution in [1.29, 1.82) is 0 Å². The summed E-state index contributed by atoms with van der Waals surface area (Å²) in [5.74, 6) is -0.137. The minimum atomic E-state index is -3.68. The van der Waals surface area contributed by atoms with Crippen LogP contribution in [-0.2, 0) is 14.8 Å². The van der Waals surface area contributed by atoms with Crippen LogP contribution in [0.5, 0.6) is 0 Å². The van der Waals surface area contributed by atoms with Gasteiger partial charge in [0.15, 0.2) is 0 Å². The lowest BCUT2D eigenvalue weighted by Crippen LogP contribution is -2.12. The van der Waals surface area contributed by atoms with Gasteiger partial charge in [0.1, 0.15) is 9.88 Å². The summed E-state index contributed by atoms with van der Waals surface area (Å²) in [5, 5.41) is 0.385. The van der Waals surface area contributed by atoms with Crippen molar-refractivity contribution in [3.63, 3.8) is 0 Å². The third-order valence-corrected chi connectivity index (χ3v) is 6.02. The van der Waals surface area contributed by atoms with Gasteiger partial charge in [-0.15, -0.1) is 11.3 Å². The minimum Gasteiger partial charge on any atom is -0.465 e. The van der Waals surface area contributed by atoms with Gasteiger partial charge in [0.25, 0.3) is 10.0 Å². The Bertz CT molecular complexity index is 805. The van der Waals surface area contributed by atoms with Crippen LogP contribution in [0.25, 0.3) is 0 Å². The number of aryl methyl sites for hydroxylation is 1. The molecule has 2 aromatic rings. The number of carbonyl (C=O) groups is 1. The van der Waals surface area contributed by atoms with Gasteiger partial charge in [-0.25, -0.2) is 13.2 Å². The van der Waals surface area contributed by atoms with E-state index < -0.39 is 16.0 Å². The minimum absolute atomic E-state index is 0.188. The summed E-state index contributed by atoms with van der Waals surface area (Å²) in [4.78, 5) is 12.2. The molecule has 0 radical (unpaired) electrons. The first-order valence-corrected chi connectivity index (χ1v) is 9.36. The molecule has 0 bridgehead atoms. The molecule has 0 saturated carbocycles. The Labute approximate surface area is 140 Å². The molecule has 0 aliphatic carbocycles. The second kappa shape index (κ2) is 6.72. The topological polar surface area (TPSA) is 72.5 Å². The molecule has 0 unspecified atom stereocenters. The summed E-state index contributed by atoms with van der Waals surface area (Å²) in [7, 11) is -2.39. The number of thiophene rings is 1. The van der Waals surface area contributed by atoms with E-state index in [1.165, 1.54) is 7.11 Å². The van der Waals surface area contributed by atoms with Gasteiger partial charge in [-0.2, -0.15) is 0 Å². The molecule has 124 valence electrons. The quantitative estimate of drug-likeness (QED) is 0.831. The Kier molecular flexibility index (Phi) is 5.11. The highest BCUT2D eigenvalue weighted by molar-refractivity contribution is 7.93. The van der Waals surface area contributed by atoms with Crippen LogP contribution in [0.1, 0.15) is 40.6 Å². The normalized spacial score (nSPS) is 11.5. The Morgan fingerprint density at radius 3 is 2.35 bits per heavy atom. The largest absolute Gasteiger partial charge is 0.465 e. The standard InChI is InChI=1S/C16H19NO4S2/c1-10(2)12-5-7-13(8-6-12)23(19,20)17-14-9-11(3)15(22-14)16(18)21-4/h5-10,17H,1-4H3. The Morgan fingerprint density at radius 1 is 1.22 bits per heavy atom. The van der Waals surface area contributed by atoms with Crippen molar-refractivity contribution in [3.8, 4) is 0 Å². The molecule has 0 aliphatic heterocycles. The number of sulfonamides is 1. The number of methoxy groups -OCH3 is 1. The van der Waals surface area contributed by atoms with Crippen molar-refractivity contribution in [2.24, 2.45) is 0 Å². The van der Waals surface area contributed by atoms with Gasteiger partial charge < -0.3 is 4.74 Å². The zero-order valence-corrected chi connectivity index (χ0v) is 15.0. The number of rotatable bonds is 5. The van der Waals surface area contributed by atoms with Crippen LogP contribution in [-0.4, -0.2) is 21.5 Å². The fraction of sp³-hybridized carbons (Fsp3) is 0.312. The maximum absolute atomic E-state index is 12.4. The molecular weight excluding hydrogens is 334 g/mol. The fourth-order valence-electron chi connectivity index (χ4n) is 2.05. The second-order valence-corrected chi connectivity index (χ2v) is 8.18. The molecule has 0 aliphatic rings. The lowest BCUT2D eigenvalue weighted by Gasteiger charge is -2.08. The van der Waals surface area contributed by atoms with Crippen LogP contribution in [0.15, 0.2) is 35.2 Å². The smallest absolute Gasteiger partial charge is 0.348 e. The third kappa shape index (κ3) is 3.92. The number of hydrogen-bond donors (Lipinski definition) is 1. The van der Waals surface area contributed by atoms with Crippen molar-refractivity contribution < 1.29 is 17.9 Å². The van der Waals surface area contributed by atoms with Crippen molar-refractivity contribution in [2.45, 2.75) is 31.6 Å². The summed E-state index contributed by atoms with van der Waals surface area (Å²) in [6, 6.07) is 8.40. The zero-order chi connectivity index (χ0) is 17.2. The summed E-state index contributed by atoms with van der Waals surface area (Å²) in [6.45, 7) is 5.83. The maximum atomic E-state index is 12.4. The number of anilines is 1. The van der Waals surface area contributed by atoms with Gasteiger partial charge in [0.05, 0.1) is 12.0 Å². The third-order valence-electron chi connectivity index (χ3n) is 3.38. The molecule has 0 spiro atoms. The van der Waals surface area contributed by atoms with Crippen LogP contribution in [0.3, 0.4) is 0 Å². The summed E-state index contributed by atoms with van der Waals surface area (Å²) in [6.07, 6.45) is 0. The zero-order valence-electron chi connectivity index (χ0n) is 13.4. The van der Waals surface area contributed by atoms with Gasteiger partial charge in [-0.1, -0.05) is 26.0 Å². The van der Waals surface area contributed by atoms with E-state index in [-0.39, 0.29) is 4.90 Å². The Hall–Kier alpha value is -1.86. The number of esters is 1. The number of benzene rings is 1. The molecule has 23 heavy (non-hydrogen) atoms. The molecule has 7 heteroatoms. The van der Waals surface area contributed by atoms with Crippen LogP contribution in [0.4, 0.5) is 5.00 Å². The second-order valence-electron chi connectivity index (χ2n) is 5.44. The highest BCUT2D eigenvalue weighted by Gasteiger charge is 2.19. The first-order chi connectivity index (χ1) is 10.7. The average Bonchev–Trinajstić information content (AvgIpc) is 2.86. The molecule has 1 aromatic heterocycles. The van der Waals surface area contributed by atoms with Crippen LogP contribution in [0, 0.1) is 6.92 Å². The SMILES string of the molecule is COC(=O)c1sc(NS(=O)(=O)c2ccc(C(C)C)cc2)cc1C. The van der Waals surface area contributed by atoms with Crippen LogP contribution < -0.4 is 4.72 Å². The van der Waals surface area contributed by atoms with E-state index in [1.807, 2.05) is 13.8 Å². The van der Waals surface area contributed by atoms with Gasteiger partial charge in [0, 0.05) is 0 Å². The predicted molar refractivity (Wildman–Crippen MR) is 91.7 cm³/mol.